The minimum absolute atomic E-state index is 0.465. The summed E-state index contributed by atoms with van der Waals surface area (Å²) >= 11 is 0. The number of benzene rings is 1. The van der Waals surface area contributed by atoms with Crippen LogP contribution in [0.3, 0.4) is 0 Å². The molecule has 0 aliphatic carbocycles. The lowest BCUT2D eigenvalue weighted by Crippen LogP contribution is -2.49. The maximum absolute atomic E-state index is 4.33. The zero-order chi connectivity index (χ0) is 17.2. The predicted octanol–water partition coefficient (Wildman–Crippen LogP) is 1.59. The van der Waals surface area contributed by atoms with Gasteiger partial charge in [-0.3, -0.25) is 9.89 Å². The number of rotatable bonds is 7. The Morgan fingerprint density at radius 3 is 2.38 bits per heavy atom. The van der Waals surface area contributed by atoms with E-state index in [9.17, 15) is 0 Å². The molecule has 1 aromatic rings. The molecular formula is C19H33N5. The fraction of sp³-hybridized carbons (Fsp3) is 0.632. The van der Waals surface area contributed by atoms with Crippen molar-refractivity contribution in [3.8, 4) is 0 Å². The first-order valence-electron chi connectivity index (χ1n) is 9.17. The van der Waals surface area contributed by atoms with E-state index in [-0.39, 0.29) is 0 Å². The van der Waals surface area contributed by atoms with Crippen LogP contribution in [0.1, 0.15) is 25.3 Å². The molecule has 5 nitrogen and oxygen atoms in total. The first-order valence-corrected chi connectivity index (χ1v) is 9.17. The lowest BCUT2D eigenvalue weighted by molar-refractivity contribution is 0.139. The summed E-state index contributed by atoms with van der Waals surface area (Å²) < 4.78 is 0. The summed E-state index contributed by atoms with van der Waals surface area (Å²) in [4.78, 5) is 9.37. The maximum atomic E-state index is 4.33. The van der Waals surface area contributed by atoms with Gasteiger partial charge in [-0.15, -0.1) is 0 Å². The van der Waals surface area contributed by atoms with E-state index >= 15 is 0 Å². The van der Waals surface area contributed by atoms with Gasteiger partial charge >= 0.3 is 0 Å². The van der Waals surface area contributed by atoms with Gasteiger partial charge in [0, 0.05) is 52.9 Å². The molecule has 1 aromatic carbocycles. The number of guanidine groups is 1. The van der Waals surface area contributed by atoms with Gasteiger partial charge < -0.3 is 15.5 Å². The second-order valence-electron chi connectivity index (χ2n) is 6.47. The van der Waals surface area contributed by atoms with E-state index in [4.69, 9.17) is 0 Å². The van der Waals surface area contributed by atoms with Crippen molar-refractivity contribution in [1.82, 2.24) is 20.4 Å². The Bertz CT molecular complexity index is 480. The number of likely N-dealkylation sites (N-methyl/N-ethyl adjacent to an activating group) is 1. The van der Waals surface area contributed by atoms with Gasteiger partial charge in [-0.05, 0) is 18.0 Å². The SMILES string of the molecule is CCN1CCN(CCNC(=NC)NCC(C)c2ccccc2)CC1. The molecule has 1 aliphatic heterocycles. The Kier molecular flexibility index (Phi) is 8.05. The van der Waals surface area contributed by atoms with E-state index in [2.05, 4.69) is 69.6 Å². The predicted molar refractivity (Wildman–Crippen MR) is 103 cm³/mol. The van der Waals surface area contributed by atoms with E-state index < -0.39 is 0 Å². The number of hydrogen-bond donors (Lipinski definition) is 2. The molecule has 2 N–H and O–H groups in total. The first kappa shape index (κ1) is 18.7. The summed E-state index contributed by atoms with van der Waals surface area (Å²) in [5.41, 5.74) is 1.36. The molecule has 0 saturated carbocycles. The summed E-state index contributed by atoms with van der Waals surface area (Å²) in [5, 5.41) is 6.87. The normalized spacial score (nSPS) is 18.4. The molecule has 1 saturated heterocycles. The zero-order valence-corrected chi connectivity index (χ0v) is 15.5. The van der Waals surface area contributed by atoms with Gasteiger partial charge in [0.1, 0.15) is 0 Å². The second-order valence-corrected chi connectivity index (χ2v) is 6.47. The Labute approximate surface area is 147 Å². The molecule has 2 rings (SSSR count). The Hall–Kier alpha value is -1.59. The van der Waals surface area contributed by atoms with Crippen LogP contribution in [0.5, 0.6) is 0 Å². The van der Waals surface area contributed by atoms with Crippen LogP contribution in [0.25, 0.3) is 0 Å². The molecule has 0 bridgehead atoms. The molecule has 0 radical (unpaired) electrons. The van der Waals surface area contributed by atoms with Gasteiger partial charge in [-0.25, -0.2) is 0 Å². The number of aliphatic imine (C=N–C) groups is 1. The lowest BCUT2D eigenvalue weighted by atomic mass is 10.0. The molecule has 1 unspecified atom stereocenters. The lowest BCUT2D eigenvalue weighted by Gasteiger charge is -2.34. The van der Waals surface area contributed by atoms with E-state index in [1.54, 1.807) is 0 Å². The zero-order valence-electron chi connectivity index (χ0n) is 15.5. The number of piperazine rings is 1. The first-order chi connectivity index (χ1) is 11.7. The van der Waals surface area contributed by atoms with Crippen LogP contribution >= 0.6 is 0 Å². The minimum atomic E-state index is 0.465. The Balaban J connectivity index is 1.64. The van der Waals surface area contributed by atoms with Gasteiger partial charge in [0.2, 0.25) is 0 Å². The summed E-state index contributed by atoms with van der Waals surface area (Å²) in [6.45, 7) is 13.3. The molecule has 0 amide bonds. The van der Waals surface area contributed by atoms with E-state index in [0.29, 0.717) is 5.92 Å². The van der Waals surface area contributed by atoms with Crippen molar-refractivity contribution in [3.63, 3.8) is 0 Å². The second kappa shape index (κ2) is 10.3. The third kappa shape index (κ3) is 6.13. The summed E-state index contributed by atoms with van der Waals surface area (Å²) in [5.74, 6) is 1.36. The molecule has 0 aromatic heterocycles. The monoisotopic (exact) mass is 331 g/mol. The molecule has 1 heterocycles. The van der Waals surface area contributed by atoms with Gasteiger partial charge in [0.05, 0.1) is 0 Å². The fourth-order valence-corrected chi connectivity index (χ4v) is 3.03. The average Bonchev–Trinajstić information content (AvgIpc) is 2.65. The number of hydrogen-bond acceptors (Lipinski definition) is 3. The average molecular weight is 332 g/mol. The van der Waals surface area contributed by atoms with Crippen molar-refractivity contribution in [2.75, 3.05) is 59.4 Å². The van der Waals surface area contributed by atoms with Crippen molar-refractivity contribution in [2.45, 2.75) is 19.8 Å². The van der Waals surface area contributed by atoms with E-state index in [0.717, 1.165) is 25.6 Å². The third-order valence-corrected chi connectivity index (χ3v) is 4.80. The van der Waals surface area contributed by atoms with Crippen LogP contribution in [-0.2, 0) is 0 Å². The summed E-state index contributed by atoms with van der Waals surface area (Å²) in [6, 6.07) is 10.6. The molecule has 1 fully saturated rings. The van der Waals surface area contributed by atoms with Crippen LogP contribution in [0, 0.1) is 0 Å². The largest absolute Gasteiger partial charge is 0.356 e. The molecule has 1 aliphatic rings. The molecule has 5 heteroatoms. The van der Waals surface area contributed by atoms with Crippen LogP contribution in [0.15, 0.2) is 35.3 Å². The van der Waals surface area contributed by atoms with E-state index in [1.165, 1.54) is 38.3 Å². The summed E-state index contributed by atoms with van der Waals surface area (Å²) in [7, 11) is 1.84. The van der Waals surface area contributed by atoms with E-state index in [1.807, 2.05) is 7.05 Å². The smallest absolute Gasteiger partial charge is 0.191 e. The Morgan fingerprint density at radius 2 is 1.75 bits per heavy atom. The maximum Gasteiger partial charge on any atom is 0.191 e. The topological polar surface area (TPSA) is 42.9 Å². The standard InChI is InChI=1S/C19H33N5/c1-4-23-12-14-24(15-13-23)11-10-21-19(20-3)22-16-17(2)18-8-6-5-7-9-18/h5-9,17H,4,10-16H2,1-3H3,(H2,20,21,22). The van der Waals surface area contributed by atoms with Crippen LogP contribution < -0.4 is 10.6 Å². The van der Waals surface area contributed by atoms with Crippen molar-refractivity contribution >= 4 is 5.96 Å². The molecule has 134 valence electrons. The quantitative estimate of drug-likeness (QED) is 0.588. The molecule has 1 atom stereocenters. The highest BCUT2D eigenvalue weighted by molar-refractivity contribution is 5.79. The van der Waals surface area contributed by atoms with Crippen LogP contribution in [-0.4, -0.2) is 75.2 Å². The van der Waals surface area contributed by atoms with Crippen molar-refractivity contribution in [2.24, 2.45) is 4.99 Å². The molecule has 24 heavy (non-hydrogen) atoms. The van der Waals surface area contributed by atoms with Gasteiger partial charge in [-0.2, -0.15) is 0 Å². The van der Waals surface area contributed by atoms with Gasteiger partial charge in [0.25, 0.3) is 0 Å². The van der Waals surface area contributed by atoms with Gasteiger partial charge in [0.15, 0.2) is 5.96 Å². The van der Waals surface area contributed by atoms with Crippen molar-refractivity contribution < 1.29 is 0 Å². The van der Waals surface area contributed by atoms with Crippen molar-refractivity contribution in [1.29, 1.82) is 0 Å². The minimum Gasteiger partial charge on any atom is -0.356 e. The molecular weight excluding hydrogens is 298 g/mol. The van der Waals surface area contributed by atoms with Crippen molar-refractivity contribution in [3.05, 3.63) is 35.9 Å². The highest BCUT2D eigenvalue weighted by Gasteiger charge is 2.14. The summed E-state index contributed by atoms with van der Waals surface area (Å²) in [6.07, 6.45) is 0. The fourth-order valence-electron chi connectivity index (χ4n) is 3.03. The Morgan fingerprint density at radius 1 is 1.08 bits per heavy atom. The number of nitrogens with zero attached hydrogens (tertiary/aromatic N) is 3. The van der Waals surface area contributed by atoms with Crippen LogP contribution in [0.4, 0.5) is 0 Å². The third-order valence-electron chi connectivity index (χ3n) is 4.80. The molecule has 0 spiro atoms. The number of nitrogens with one attached hydrogen (secondary N) is 2. The van der Waals surface area contributed by atoms with Gasteiger partial charge in [-0.1, -0.05) is 44.2 Å². The highest BCUT2D eigenvalue weighted by Crippen LogP contribution is 2.12. The van der Waals surface area contributed by atoms with Crippen LogP contribution in [0.2, 0.25) is 0 Å². The highest BCUT2D eigenvalue weighted by atomic mass is 15.3.